The minimum absolute atomic E-state index is 0.117. The molecule has 156 valence electrons. The second-order valence-electron chi connectivity index (χ2n) is 6.69. The third-order valence-corrected chi connectivity index (χ3v) is 6.35. The van der Waals surface area contributed by atoms with Gasteiger partial charge in [-0.15, -0.1) is 11.3 Å². The van der Waals surface area contributed by atoms with Gasteiger partial charge in [-0.25, -0.2) is 4.98 Å². The first-order valence-electron chi connectivity index (χ1n) is 9.41. The van der Waals surface area contributed by atoms with Gasteiger partial charge in [0, 0.05) is 10.9 Å². The number of thiazole rings is 1. The van der Waals surface area contributed by atoms with E-state index in [0.717, 1.165) is 22.4 Å². The highest BCUT2D eigenvalue weighted by Gasteiger charge is 2.16. The van der Waals surface area contributed by atoms with Gasteiger partial charge in [0.25, 0.3) is 0 Å². The van der Waals surface area contributed by atoms with Gasteiger partial charge in [0.1, 0.15) is 10.6 Å². The number of nitrogens with zero attached hydrogens (tertiary/aromatic N) is 2. The molecule has 0 unspecified atom stereocenters. The number of anilines is 1. The summed E-state index contributed by atoms with van der Waals surface area (Å²) in [4.78, 5) is 4.62. The number of hydrogen-bond acceptors (Lipinski definition) is 7. The van der Waals surface area contributed by atoms with Crippen molar-refractivity contribution < 1.29 is 12.6 Å². The number of aryl methyl sites for hydroxylation is 1. The Morgan fingerprint density at radius 2 is 1.68 bits per heavy atom. The molecule has 0 saturated heterocycles. The Hall–Kier alpha value is -3.49. The van der Waals surface area contributed by atoms with Crippen molar-refractivity contribution in [2.75, 3.05) is 5.43 Å². The van der Waals surface area contributed by atoms with Crippen LogP contribution >= 0.6 is 11.3 Å². The van der Waals surface area contributed by atoms with Crippen LogP contribution in [0, 0.1) is 6.92 Å². The lowest BCUT2D eigenvalue weighted by molar-refractivity contribution is 0.486. The predicted molar refractivity (Wildman–Crippen MR) is 124 cm³/mol. The van der Waals surface area contributed by atoms with E-state index in [1.807, 2.05) is 42.6 Å². The summed E-state index contributed by atoms with van der Waals surface area (Å²) in [5.41, 5.74) is 6.61. The Bertz CT molecular complexity index is 1280. The lowest BCUT2D eigenvalue weighted by atomic mass is 10.2. The molecule has 0 aliphatic carbocycles. The van der Waals surface area contributed by atoms with Crippen LogP contribution in [0.5, 0.6) is 5.75 Å². The topological polar surface area (TPSA) is 80.7 Å². The molecule has 8 heteroatoms. The SMILES string of the molecule is Cc1ccc(S(=O)(=O)Oc2ccc(/C=N\Nc3nc(-c4ccccc4)cs3)cc2)cc1. The van der Waals surface area contributed by atoms with Crippen LogP contribution in [-0.2, 0) is 10.1 Å². The van der Waals surface area contributed by atoms with Crippen LogP contribution in [0.25, 0.3) is 11.3 Å². The van der Waals surface area contributed by atoms with Crippen LogP contribution in [0.1, 0.15) is 11.1 Å². The third-order valence-electron chi connectivity index (χ3n) is 4.34. The summed E-state index contributed by atoms with van der Waals surface area (Å²) in [5, 5.41) is 6.84. The van der Waals surface area contributed by atoms with E-state index in [4.69, 9.17) is 4.18 Å². The molecule has 1 N–H and O–H groups in total. The van der Waals surface area contributed by atoms with Gasteiger partial charge in [-0.05, 0) is 48.9 Å². The first-order chi connectivity index (χ1) is 15.0. The van der Waals surface area contributed by atoms with Crippen molar-refractivity contribution >= 4 is 32.8 Å². The van der Waals surface area contributed by atoms with Crippen molar-refractivity contribution in [2.24, 2.45) is 5.10 Å². The number of hydrazone groups is 1. The van der Waals surface area contributed by atoms with Gasteiger partial charge >= 0.3 is 10.1 Å². The second kappa shape index (κ2) is 9.11. The maximum absolute atomic E-state index is 12.4. The van der Waals surface area contributed by atoms with Crippen LogP contribution in [0.3, 0.4) is 0 Å². The molecule has 3 aromatic carbocycles. The monoisotopic (exact) mass is 449 g/mol. The Balaban J connectivity index is 1.37. The predicted octanol–water partition coefficient (Wildman–Crippen LogP) is 5.33. The molecule has 0 amide bonds. The first-order valence-corrected chi connectivity index (χ1v) is 11.7. The van der Waals surface area contributed by atoms with Gasteiger partial charge < -0.3 is 4.18 Å². The molecule has 0 aliphatic heterocycles. The quantitative estimate of drug-likeness (QED) is 0.234. The first kappa shape index (κ1) is 20.8. The van der Waals surface area contributed by atoms with E-state index in [0.29, 0.717) is 5.13 Å². The number of rotatable bonds is 7. The fourth-order valence-corrected chi connectivity index (χ4v) is 4.32. The summed E-state index contributed by atoms with van der Waals surface area (Å²) in [6.45, 7) is 1.89. The number of aromatic nitrogens is 1. The van der Waals surface area contributed by atoms with Crippen molar-refractivity contribution in [2.45, 2.75) is 11.8 Å². The molecule has 0 spiro atoms. The maximum Gasteiger partial charge on any atom is 0.339 e. The van der Waals surface area contributed by atoms with Crippen molar-refractivity contribution in [3.05, 3.63) is 95.4 Å². The van der Waals surface area contributed by atoms with Gasteiger partial charge in [-0.2, -0.15) is 13.5 Å². The fraction of sp³-hybridized carbons (Fsp3) is 0.0435. The summed E-state index contributed by atoms with van der Waals surface area (Å²) in [6, 6.07) is 23.1. The van der Waals surface area contributed by atoms with E-state index in [-0.39, 0.29) is 10.6 Å². The van der Waals surface area contributed by atoms with Crippen molar-refractivity contribution in [3.8, 4) is 17.0 Å². The molecule has 4 rings (SSSR count). The molecule has 0 bridgehead atoms. The highest BCUT2D eigenvalue weighted by Crippen LogP contribution is 2.24. The van der Waals surface area contributed by atoms with Crippen molar-refractivity contribution in [1.29, 1.82) is 0 Å². The number of benzene rings is 3. The Kier molecular flexibility index (Phi) is 6.11. The maximum atomic E-state index is 12.4. The van der Waals surface area contributed by atoms with E-state index in [9.17, 15) is 8.42 Å². The molecule has 4 aromatic rings. The summed E-state index contributed by atoms with van der Waals surface area (Å²) in [5.74, 6) is 0.234. The third kappa shape index (κ3) is 5.36. The summed E-state index contributed by atoms with van der Waals surface area (Å²) in [7, 11) is -3.87. The van der Waals surface area contributed by atoms with Crippen LogP contribution < -0.4 is 9.61 Å². The van der Waals surface area contributed by atoms with Crippen molar-refractivity contribution in [3.63, 3.8) is 0 Å². The van der Waals surface area contributed by atoms with Crippen molar-refractivity contribution in [1.82, 2.24) is 4.98 Å². The number of nitrogens with one attached hydrogen (secondary N) is 1. The van der Waals surface area contributed by atoms with E-state index in [1.165, 1.54) is 23.5 Å². The zero-order chi connectivity index (χ0) is 21.7. The zero-order valence-corrected chi connectivity index (χ0v) is 18.2. The molecule has 6 nitrogen and oxygen atoms in total. The standard InChI is InChI=1S/C23H19N3O3S2/c1-17-7-13-21(14-8-17)31(27,28)29-20-11-9-18(10-12-20)15-24-26-23-25-22(16-30-23)19-5-3-2-4-6-19/h2-16H,1H3,(H,25,26)/b24-15-. The molecule has 31 heavy (non-hydrogen) atoms. The summed E-state index contributed by atoms with van der Waals surface area (Å²) >= 11 is 1.46. The summed E-state index contributed by atoms with van der Waals surface area (Å²) in [6.07, 6.45) is 1.63. The minimum Gasteiger partial charge on any atom is -0.379 e. The Labute approximate surface area is 185 Å². The fourth-order valence-electron chi connectivity index (χ4n) is 2.72. The van der Waals surface area contributed by atoms with Crippen LogP contribution in [0.4, 0.5) is 5.13 Å². The van der Waals surface area contributed by atoms with Gasteiger partial charge in [0.2, 0.25) is 5.13 Å². The van der Waals surface area contributed by atoms with E-state index in [2.05, 4.69) is 15.5 Å². The highest BCUT2D eigenvalue weighted by molar-refractivity contribution is 7.87. The van der Waals surface area contributed by atoms with Crippen LogP contribution in [-0.4, -0.2) is 19.6 Å². The Morgan fingerprint density at radius 3 is 2.39 bits per heavy atom. The van der Waals surface area contributed by atoms with E-state index < -0.39 is 10.1 Å². The molecule has 0 saturated carbocycles. The Morgan fingerprint density at radius 1 is 0.968 bits per heavy atom. The molecular formula is C23H19N3O3S2. The average Bonchev–Trinajstić information content (AvgIpc) is 3.25. The molecule has 0 radical (unpaired) electrons. The smallest absolute Gasteiger partial charge is 0.339 e. The lowest BCUT2D eigenvalue weighted by Crippen LogP contribution is -2.09. The van der Waals surface area contributed by atoms with Gasteiger partial charge in [-0.1, -0.05) is 48.0 Å². The normalized spacial score (nSPS) is 11.5. The molecular weight excluding hydrogens is 430 g/mol. The molecule has 1 heterocycles. The highest BCUT2D eigenvalue weighted by atomic mass is 32.2. The second-order valence-corrected chi connectivity index (χ2v) is 9.10. The lowest BCUT2D eigenvalue weighted by Gasteiger charge is -2.07. The molecule has 0 fully saturated rings. The number of hydrogen-bond donors (Lipinski definition) is 1. The molecule has 0 atom stereocenters. The van der Waals surface area contributed by atoms with Gasteiger partial charge in [-0.3, -0.25) is 5.43 Å². The minimum atomic E-state index is -3.87. The summed E-state index contributed by atoms with van der Waals surface area (Å²) < 4.78 is 29.9. The van der Waals surface area contributed by atoms with Crippen LogP contribution in [0.2, 0.25) is 0 Å². The van der Waals surface area contributed by atoms with E-state index >= 15 is 0 Å². The van der Waals surface area contributed by atoms with Crippen LogP contribution in [0.15, 0.2) is 94.2 Å². The largest absolute Gasteiger partial charge is 0.379 e. The molecule has 1 aromatic heterocycles. The zero-order valence-electron chi connectivity index (χ0n) is 16.6. The average molecular weight is 450 g/mol. The molecule has 0 aliphatic rings. The van der Waals surface area contributed by atoms with Gasteiger partial charge in [0.15, 0.2) is 0 Å². The van der Waals surface area contributed by atoms with Gasteiger partial charge in [0.05, 0.1) is 11.9 Å². The van der Waals surface area contributed by atoms with E-state index in [1.54, 1.807) is 42.6 Å².